The van der Waals surface area contributed by atoms with Gasteiger partial charge in [-0.25, -0.2) is 4.79 Å². The number of rotatable bonds is 3. The number of carbonyl (C=O) groups excluding carboxylic acids is 1. The molecule has 0 saturated heterocycles. The van der Waals surface area contributed by atoms with Crippen LogP contribution in [0.5, 0.6) is 5.75 Å². The minimum absolute atomic E-state index is 0.0181. The smallest absolute Gasteiger partial charge is 0.342 e. The number of hydrogen-bond acceptors (Lipinski definition) is 7. The molecule has 126 valence electrons. The molecule has 0 aliphatic rings. The number of nitro groups is 2. The largest absolute Gasteiger partial charge is 0.507 e. The van der Waals surface area contributed by atoms with Crippen molar-refractivity contribution >= 4 is 28.1 Å². The van der Waals surface area contributed by atoms with Crippen LogP contribution in [-0.2, 0) is 4.74 Å². The minimum Gasteiger partial charge on any atom is -0.507 e. The van der Waals surface area contributed by atoms with Gasteiger partial charge in [-0.05, 0) is 38.3 Å². The van der Waals surface area contributed by atoms with E-state index < -0.39 is 38.5 Å². The number of esters is 1. The number of phenolic OH excluding ortho intramolecular Hbond substituents is 1. The number of ether oxygens (including phenoxy) is 1. The first-order valence-corrected chi connectivity index (χ1v) is 6.82. The molecule has 0 spiro atoms. The molecular formula is C15H14N2O7. The van der Waals surface area contributed by atoms with Crippen molar-refractivity contribution in [2.24, 2.45) is 0 Å². The third kappa shape index (κ3) is 3.40. The van der Waals surface area contributed by atoms with Crippen molar-refractivity contribution in [1.29, 1.82) is 0 Å². The van der Waals surface area contributed by atoms with E-state index in [0.717, 1.165) is 24.3 Å². The zero-order chi connectivity index (χ0) is 18.2. The summed E-state index contributed by atoms with van der Waals surface area (Å²) in [4.78, 5) is 32.6. The number of fused-ring (bicyclic) bond motifs is 1. The van der Waals surface area contributed by atoms with Crippen LogP contribution in [0, 0.1) is 20.2 Å². The Morgan fingerprint density at radius 2 is 1.71 bits per heavy atom. The molecule has 0 aromatic heterocycles. The molecule has 0 saturated carbocycles. The summed E-state index contributed by atoms with van der Waals surface area (Å²) in [5.41, 5.74) is -2.07. The molecule has 0 unspecified atom stereocenters. The Kier molecular flexibility index (Phi) is 4.11. The van der Waals surface area contributed by atoms with Gasteiger partial charge in [0.2, 0.25) is 0 Å². The van der Waals surface area contributed by atoms with Gasteiger partial charge in [-0.2, -0.15) is 0 Å². The van der Waals surface area contributed by atoms with E-state index in [-0.39, 0.29) is 16.3 Å². The van der Waals surface area contributed by atoms with E-state index in [2.05, 4.69) is 0 Å². The van der Waals surface area contributed by atoms with Gasteiger partial charge < -0.3 is 9.84 Å². The molecule has 0 atom stereocenters. The summed E-state index contributed by atoms with van der Waals surface area (Å²) in [6, 6.07) is 4.06. The number of non-ortho nitro benzene ring substituents is 2. The summed E-state index contributed by atoms with van der Waals surface area (Å²) in [5, 5.41) is 32.1. The molecule has 2 rings (SSSR count). The number of hydrogen-bond donors (Lipinski definition) is 1. The first-order valence-electron chi connectivity index (χ1n) is 6.82. The van der Waals surface area contributed by atoms with Crippen LogP contribution in [0.2, 0.25) is 0 Å². The van der Waals surface area contributed by atoms with Crippen LogP contribution >= 0.6 is 0 Å². The number of aromatic hydroxyl groups is 1. The van der Waals surface area contributed by atoms with Crippen molar-refractivity contribution in [2.75, 3.05) is 0 Å². The summed E-state index contributed by atoms with van der Waals surface area (Å²) in [7, 11) is 0. The van der Waals surface area contributed by atoms with E-state index in [0.29, 0.717) is 0 Å². The monoisotopic (exact) mass is 334 g/mol. The van der Waals surface area contributed by atoms with Crippen LogP contribution in [0.15, 0.2) is 24.3 Å². The molecule has 0 fully saturated rings. The predicted molar refractivity (Wildman–Crippen MR) is 84.1 cm³/mol. The van der Waals surface area contributed by atoms with Crippen LogP contribution in [-0.4, -0.2) is 26.5 Å². The van der Waals surface area contributed by atoms with Gasteiger partial charge in [0.1, 0.15) is 16.9 Å². The van der Waals surface area contributed by atoms with Crippen molar-refractivity contribution in [3.05, 3.63) is 50.1 Å². The fourth-order valence-corrected chi connectivity index (χ4v) is 2.12. The van der Waals surface area contributed by atoms with Crippen LogP contribution < -0.4 is 0 Å². The lowest BCUT2D eigenvalue weighted by Crippen LogP contribution is -2.23. The highest BCUT2D eigenvalue weighted by molar-refractivity contribution is 6.02. The lowest BCUT2D eigenvalue weighted by Gasteiger charge is -2.20. The van der Waals surface area contributed by atoms with Crippen molar-refractivity contribution in [3.8, 4) is 5.75 Å². The van der Waals surface area contributed by atoms with Gasteiger partial charge in [-0.15, -0.1) is 0 Å². The van der Waals surface area contributed by atoms with Gasteiger partial charge in [0.25, 0.3) is 11.4 Å². The third-order valence-electron chi connectivity index (χ3n) is 3.06. The average molecular weight is 334 g/mol. The first-order chi connectivity index (χ1) is 11.0. The van der Waals surface area contributed by atoms with Crippen molar-refractivity contribution in [2.45, 2.75) is 26.4 Å². The van der Waals surface area contributed by atoms with Gasteiger partial charge in [0.05, 0.1) is 21.3 Å². The Bertz CT molecular complexity index is 868. The molecule has 2 aromatic rings. The molecule has 1 N–H and O–H groups in total. The van der Waals surface area contributed by atoms with Crippen molar-refractivity contribution in [1.82, 2.24) is 0 Å². The summed E-state index contributed by atoms with van der Waals surface area (Å²) in [6.07, 6.45) is 0. The summed E-state index contributed by atoms with van der Waals surface area (Å²) in [6.45, 7) is 4.91. The quantitative estimate of drug-likeness (QED) is 0.517. The van der Waals surface area contributed by atoms with Gasteiger partial charge in [-0.3, -0.25) is 20.2 Å². The summed E-state index contributed by atoms with van der Waals surface area (Å²) >= 11 is 0. The highest BCUT2D eigenvalue weighted by Crippen LogP contribution is 2.35. The molecule has 0 amide bonds. The second kappa shape index (κ2) is 5.76. The number of phenols is 1. The fraction of sp³-hybridized carbons (Fsp3) is 0.267. The number of benzene rings is 2. The summed E-state index contributed by atoms with van der Waals surface area (Å²) < 4.78 is 5.14. The van der Waals surface area contributed by atoms with Gasteiger partial charge in [0, 0.05) is 6.07 Å². The maximum atomic E-state index is 12.1. The molecule has 24 heavy (non-hydrogen) atoms. The molecular weight excluding hydrogens is 320 g/mol. The second-order valence-electron chi connectivity index (χ2n) is 6.07. The molecule has 9 nitrogen and oxygen atoms in total. The van der Waals surface area contributed by atoms with E-state index in [1.807, 2.05) is 0 Å². The summed E-state index contributed by atoms with van der Waals surface area (Å²) in [5.74, 6) is -1.34. The topological polar surface area (TPSA) is 133 Å². The Labute approximate surface area is 135 Å². The van der Waals surface area contributed by atoms with Crippen molar-refractivity contribution in [3.63, 3.8) is 0 Å². The Morgan fingerprint density at radius 3 is 2.21 bits per heavy atom. The van der Waals surface area contributed by atoms with E-state index in [4.69, 9.17) is 4.74 Å². The van der Waals surface area contributed by atoms with Crippen LogP contribution in [0.25, 0.3) is 10.8 Å². The van der Waals surface area contributed by atoms with E-state index >= 15 is 0 Å². The molecule has 0 radical (unpaired) electrons. The van der Waals surface area contributed by atoms with E-state index in [1.54, 1.807) is 20.8 Å². The zero-order valence-corrected chi connectivity index (χ0v) is 13.1. The second-order valence-corrected chi connectivity index (χ2v) is 6.07. The lowest BCUT2D eigenvalue weighted by atomic mass is 10.0. The standard InChI is InChI=1S/C15H14N2O7/c1-15(2,3)24-14(19)11-5-8-4-9(16(20)21)6-12(17(22)23)10(8)7-13(11)18/h4-7,18H,1-3H3. The Hall–Kier alpha value is -3.23. The normalized spacial score (nSPS) is 11.3. The number of nitrogens with zero attached hydrogens (tertiary/aromatic N) is 2. The lowest BCUT2D eigenvalue weighted by molar-refractivity contribution is -0.393. The highest BCUT2D eigenvalue weighted by atomic mass is 16.6. The Morgan fingerprint density at radius 1 is 1.08 bits per heavy atom. The maximum absolute atomic E-state index is 12.1. The Balaban J connectivity index is 2.70. The molecule has 0 aliphatic heterocycles. The van der Waals surface area contributed by atoms with Crippen LogP contribution in [0.1, 0.15) is 31.1 Å². The van der Waals surface area contributed by atoms with Gasteiger partial charge >= 0.3 is 5.97 Å². The number of nitro benzene ring substituents is 2. The van der Waals surface area contributed by atoms with Gasteiger partial charge in [-0.1, -0.05) is 0 Å². The average Bonchev–Trinajstić information content (AvgIpc) is 2.43. The molecule has 2 aromatic carbocycles. The van der Waals surface area contributed by atoms with Crippen molar-refractivity contribution < 1.29 is 24.5 Å². The fourth-order valence-electron chi connectivity index (χ4n) is 2.12. The molecule has 0 bridgehead atoms. The van der Waals surface area contributed by atoms with E-state index in [1.165, 1.54) is 0 Å². The van der Waals surface area contributed by atoms with E-state index in [9.17, 15) is 30.1 Å². The SMILES string of the molecule is CC(C)(C)OC(=O)c1cc2cc([N+](=O)[O-])cc([N+](=O)[O-])c2cc1O. The zero-order valence-electron chi connectivity index (χ0n) is 13.1. The van der Waals surface area contributed by atoms with Crippen LogP contribution in [0.3, 0.4) is 0 Å². The molecule has 0 heterocycles. The first kappa shape index (κ1) is 17.1. The molecule has 9 heteroatoms. The third-order valence-corrected chi connectivity index (χ3v) is 3.06. The minimum atomic E-state index is -0.837. The highest BCUT2D eigenvalue weighted by Gasteiger charge is 2.25. The molecule has 0 aliphatic carbocycles. The predicted octanol–water partition coefficient (Wildman–Crippen LogP) is 3.32. The van der Waals surface area contributed by atoms with Crippen LogP contribution in [0.4, 0.5) is 11.4 Å². The maximum Gasteiger partial charge on any atom is 0.342 e. The van der Waals surface area contributed by atoms with Gasteiger partial charge in [0.15, 0.2) is 0 Å². The number of carbonyl (C=O) groups is 1.